The Morgan fingerprint density at radius 2 is 1.70 bits per heavy atom. The molecule has 1 spiro atoms. The second-order valence-electron chi connectivity index (χ2n) is 14.4. The van der Waals surface area contributed by atoms with E-state index in [2.05, 4.69) is 5.10 Å². The molecule has 0 unspecified atom stereocenters. The number of rotatable bonds is 11. The van der Waals surface area contributed by atoms with Crippen molar-refractivity contribution in [2.75, 3.05) is 18.1 Å². The maximum Gasteiger partial charge on any atom is 0.279 e. The number of nitro benzene ring substituents is 1. The van der Waals surface area contributed by atoms with Gasteiger partial charge in [0.2, 0.25) is 5.91 Å². The van der Waals surface area contributed by atoms with Gasteiger partial charge < -0.3 is 24.4 Å². The number of amides is 2. The lowest BCUT2D eigenvalue weighted by Crippen LogP contribution is -2.46. The average molecular weight is 736 g/mol. The lowest BCUT2D eigenvalue weighted by Gasteiger charge is -2.32. The number of aliphatic hydroxyl groups is 1. The van der Waals surface area contributed by atoms with E-state index in [-0.39, 0.29) is 49.8 Å². The number of aromatic amines is 1. The molecule has 274 valence electrons. The maximum atomic E-state index is 14.9. The molecule has 3 N–H and O–H groups in total. The van der Waals surface area contributed by atoms with Crippen molar-refractivity contribution in [3.05, 3.63) is 134 Å². The third kappa shape index (κ3) is 6.37. The van der Waals surface area contributed by atoms with Crippen LogP contribution in [0, 0.1) is 16.0 Å². The molecule has 2 aliphatic rings. The number of benzene rings is 4. The summed E-state index contributed by atoms with van der Waals surface area (Å²) >= 11 is 0. The molecule has 14 heteroatoms. The molecule has 53 heavy (non-hydrogen) atoms. The summed E-state index contributed by atoms with van der Waals surface area (Å²) in [5.74, 6) is -1.40. The van der Waals surface area contributed by atoms with Crippen molar-refractivity contribution in [1.82, 2.24) is 14.7 Å². The van der Waals surface area contributed by atoms with E-state index in [1.54, 1.807) is 48.3 Å². The standard InChI is InChI=1S/C39H41N5O8Si/c1-25-36(53(2,3)51)34(22-35(46)41(19-20-45)23-26-9-5-4-6-10-26)52-39(25)31-21-29(44(49)50)17-18-33(31)42(38(39)48)24-27-13-15-28(16-14-27)43-37(47)30-11-7-8-12-32(30)40-43/h4-18,21,25,34,36,40,45,51H,19-20,22-24H2,1-3H3/t25-,34+,36-,39+/m0/s1. The third-order valence-electron chi connectivity index (χ3n) is 10.6. The van der Waals surface area contributed by atoms with Gasteiger partial charge in [-0.1, -0.05) is 61.5 Å². The molecule has 0 saturated carbocycles. The molecular formula is C39H41N5O8Si. The number of carbonyl (C=O) groups is 2. The zero-order valence-electron chi connectivity index (χ0n) is 29.6. The molecule has 3 heterocycles. The highest BCUT2D eigenvalue weighted by molar-refractivity contribution is 6.71. The first-order chi connectivity index (χ1) is 25.3. The number of nitrogens with zero attached hydrogens (tertiary/aromatic N) is 4. The highest BCUT2D eigenvalue weighted by atomic mass is 28.4. The van der Waals surface area contributed by atoms with Crippen LogP contribution in [0.25, 0.3) is 16.6 Å². The van der Waals surface area contributed by atoms with Gasteiger partial charge >= 0.3 is 0 Å². The topological polar surface area (TPSA) is 171 Å². The van der Waals surface area contributed by atoms with Crippen molar-refractivity contribution < 1.29 is 29.2 Å². The van der Waals surface area contributed by atoms with Crippen molar-refractivity contribution in [1.29, 1.82) is 0 Å². The zero-order valence-corrected chi connectivity index (χ0v) is 30.6. The molecular weight excluding hydrogens is 695 g/mol. The van der Waals surface area contributed by atoms with Crippen LogP contribution in [0.15, 0.2) is 102 Å². The number of hydrogen-bond donors (Lipinski definition) is 3. The third-order valence-corrected chi connectivity index (χ3v) is 13.1. The predicted octanol–water partition coefficient (Wildman–Crippen LogP) is 4.98. The summed E-state index contributed by atoms with van der Waals surface area (Å²) in [7, 11) is -3.16. The second kappa shape index (κ2) is 13.9. The van der Waals surface area contributed by atoms with Gasteiger partial charge in [0.1, 0.15) is 0 Å². The lowest BCUT2D eigenvalue weighted by molar-refractivity contribution is -0.385. The van der Waals surface area contributed by atoms with Crippen molar-refractivity contribution in [3.63, 3.8) is 0 Å². The molecule has 1 fully saturated rings. The number of nitrogens with one attached hydrogen (secondary N) is 1. The number of non-ortho nitro benzene ring substituents is 1. The summed E-state index contributed by atoms with van der Waals surface area (Å²) in [5, 5.41) is 25.5. The summed E-state index contributed by atoms with van der Waals surface area (Å²) in [6, 6.07) is 28.1. The number of carbonyl (C=O) groups excluding carboxylic acids is 2. The molecule has 1 saturated heterocycles. The number of aromatic nitrogens is 2. The highest BCUT2D eigenvalue weighted by Crippen LogP contribution is 2.60. The SMILES string of the molecule is C[C@H]1[C@H]([Si](C)(C)O)[C@@H](CC(=O)N(CCO)Cc2ccccc2)O[C@]12C(=O)N(Cc1ccc(-n3[nH]c4ccccc4c3=O)cc1)c1ccc([N+](=O)[O-])cc12. The van der Waals surface area contributed by atoms with Crippen LogP contribution in [-0.4, -0.2) is 68.9 Å². The van der Waals surface area contributed by atoms with Crippen molar-refractivity contribution in [2.45, 2.75) is 56.8 Å². The Bertz CT molecular complexity index is 2250. The fourth-order valence-electron chi connectivity index (χ4n) is 8.23. The Balaban J connectivity index is 1.22. The van der Waals surface area contributed by atoms with E-state index in [9.17, 15) is 34.4 Å². The quantitative estimate of drug-likeness (QED) is 0.0969. The molecule has 0 bridgehead atoms. The Kier molecular flexibility index (Phi) is 9.40. The molecule has 4 atom stereocenters. The minimum Gasteiger partial charge on any atom is -0.432 e. The lowest BCUT2D eigenvalue weighted by atomic mass is 9.82. The molecule has 4 aromatic carbocycles. The van der Waals surface area contributed by atoms with Gasteiger partial charge in [-0.3, -0.25) is 29.6 Å². The number of para-hydroxylation sites is 1. The first-order valence-electron chi connectivity index (χ1n) is 17.6. The Morgan fingerprint density at radius 3 is 2.36 bits per heavy atom. The highest BCUT2D eigenvalue weighted by Gasteiger charge is 2.66. The predicted molar refractivity (Wildman–Crippen MR) is 201 cm³/mol. The normalized spacial score (nSPS) is 21.0. The fourth-order valence-corrected chi connectivity index (χ4v) is 10.8. The van der Waals surface area contributed by atoms with Crippen LogP contribution in [0.2, 0.25) is 18.6 Å². The van der Waals surface area contributed by atoms with Gasteiger partial charge in [0, 0.05) is 42.2 Å². The van der Waals surface area contributed by atoms with E-state index >= 15 is 0 Å². The second-order valence-corrected chi connectivity index (χ2v) is 18.4. The number of fused-ring (bicyclic) bond motifs is 3. The minimum absolute atomic E-state index is 0.0845. The van der Waals surface area contributed by atoms with E-state index < -0.39 is 42.3 Å². The van der Waals surface area contributed by atoms with Crippen LogP contribution in [0.1, 0.15) is 30.0 Å². The summed E-state index contributed by atoms with van der Waals surface area (Å²) in [6.07, 6.45) is -1.04. The monoisotopic (exact) mass is 735 g/mol. The number of nitro groups is 1. The van der Waals surface area contributed by atoms with E-state index in [1.807, 2.05) is 61.5 Å². The van der Waals surface area contributed by atoms with Crippen LogP contribution in [0.5, 0.6) is 0 Å². The number of aliphatic hydroxyl groups excluding tert-OH is 1. The van der Waals surface area contributed by atoms with E-state index in [1.165, 1.54) is 21.7 Å². The molecule has 0 radical (unpaired) electrons. The molecule has 5 aromatic rings. The summed E-state index contributed by atoms with van der Waals surface area (Å²) in [5.41, 5.74) is 0.986. The van der Waals surface area contributed by atoms with Crippen LogP contribution >= 0.6 is 0 Å². The van der Waals surface area contributed by atoms with Crippen LogP contribution < -0.4 is 10.5 Å². The zero-order chi connectivity index (χ0) is 37.7. The van der Waals surface area contributed by atoms with Crippen molar-refractivity contribution >= 4 is 42.4 Å². The Hall–Kier alpha value is -5.41. The van der Waals surface area contributed by atoms with Gasteiger partial charge in [0.05, 0.1) is 52.9 Å². The minimum atomic E-state index is -3.16. The summed E-state index contributed by atoms with van der Waals surface area (Å²) in [4.78, 5) is 68.1. The first kappa shape index (κ1) is 36.0. The molecule has 1 aromatic heterocycles. The van der Waals surface area contributed by atoms with Gasteiger partial charge in [0.15, 0.2) is 13.9 Å². The molecule has 0 aliphatic carbocycles. The van der Waals surface area contributed by atoms with Crippen LogP contribution in [-0.2, 0) is 33.0 Å². The van der Waals surface area contributed by atoms with Gasteiger partial charge in [0.25, 0.3) is 17.2 Å². The molecule has 13 nitrogen and oxygen atoms in total. The van der Waals surface area contributed by atoms with E-state index in [4.69, 9.17) is 4.74 Å². The number of anilines is 1. The number of H-pyrrole nitrogens is 1. The molecule has 2 amide bonds. The van der Waals surface area contributed by atoms with Gasteiger partial charge in [-0.15, -0.1) is 0 Å². The fraction of sp³-hybridized carbons (Fsp3) is 0.308. The van der Waals surface area contributed by atoms with Gasteiger partial charge in [-0.05, 0) is 54.6 Å². The van der Waals surface area contributed by atoms with Gasteiger partial charge in [-0.25, -0.2) is 4.68 Å². The van der Waals surface area contributed by atoms with Crippen LogP contribution in [0.3, 0.4) is 0 Å². The smallest absolute Gasteiger partial charge is 0.279 e. The largest absolute Gasteiger partial charge is 0.432 e. The first-order valence-corrected chi connectivity index (χ1v) is 20.6. The summed E-state index contributed by atoms with van der Waals surface area (Å²) in [6.45, 7) is 5.49. The summed E-state index contributed by atoms with van der Waals surface area (Å²) < 4.78 is 8.23. The van der Waals surface area contributed by atoms with Crippen molar-refractivity contribution in [3.8, 4) is 5.69 Å². The van der Waals surface area contributed by atoms with E-state index in [0.717, 1.165) is 11.1 Å². The number of hydrogen-bond acceptors (Lipinski definition) is 8. The van der Waals surface area contributed by atoms with E-state index in [0.29, 0.717) is 27.8 Å². The Labute approximate surface area is 306 Å². The van der Waals surface area contributed by atoms with Crippen molar-refractivity contribution in [2.24, 2.45) is 5.92 Å². The van der Waals surface area contributed by atoms with Crippen LogP contribution in [0.4, 0.5) is 11.4 Å². The maximum absolute atomic E-state index is 14.9. The number of ether oxygens (including phenoxy) is 1. The Morgan fingerprint density at radius 1 is 1.00 bits per heavy atom. The van der Waals surface area contributed by atoms with Gasteiger partial charge in [-0.2, -0.15) is 0 Å². The molecule has 2 aliphatic heterocycles. The average Bonchev–Trinajstić information content (AvgIpc) is 3.71. The molecule has 7 rings (SSSR count).